The van der Waals surface area contributed by atoms with E-state index < -0.39 is 0 Å². The molecule has 0 atom stereocenters. The van der Waals surface area contributed by atoms with Crippen molar-refractivity contribution >= 4 is 11.4 Å². The van der Waals surface area contributed by atoms with Crippen molar-refractivity contribution in [3.05, 3.63) is 29.8 Å². The fourth-order valence-electron chi connectivity index (χ4n) is 1.63. The zero-order chi connectivity index (χ0) is 11.4. The smallest absolute Gasteiger partial charge is 0.0452 e. The quantitative estimate of drug-likeness (QED) is 0.691. The standard InChI is InChI=1S/C13H20N2/c1-10(2)14-11(3)12-8-6-7-9-13(12)15(4)5/h6-10H,1-5H3. The van der Waals surface area contributed by atoms with Crippen molar-refractivity contribution in [2.24, 2.45) is 4.99 Å². The minimum Gasteiger partial charge on any atom is -0.377 e. The fraction of sp³-hybridized carbons (Fsp3) is 0.462. The topological polar surface area (TPSA) is 15.6 Å². The zero-order valence-electron chi connectivity index (χ0n) is 10.3. The third-order valence-corrected chi connectivity index (χ3v) is 2.23. The summed E-state index contributed by atoms with van der Waals surface area (Å²) in [4.78, 5) is 6.70. The summed E-state index contributed by atoms with van der Waals surface area (Å²) < 4.78 is 0. The van der Waals surface area contributed by atoms with E-state index in [2.05, 4.69) is 69.0 Å². The summed E-state index contributed by atoms with van der Waals surface area (Å²) in [6.07, 6.45) is 0. The summed E-state index contributed by atoms with van der Waals surface area (Å²) in [6, 6.07) is 8.70. The van der Waals surface area contributed by atoms with Gasteiger partial charge in [0.15, 0.2) is 0 Å². The maximum atomic E-state index is 4.58. The Kier molecular flexibility index (Phi) is 3.89. The molecule has 82 valence electrons. The van der Waals surface area contributed by atoms with Gasteiger partial charge in [-0.3, -0.25) is 4.99 Å². The van der Waals surface area contributed by atoms with Gasteiger partial charge in [-0.1, -0.05) is 18.2 Å². The van der Waals surface area contributed by atoms with E-state index in [-0.39, 0.29) is 0 Å². The van der Waals surface area contributed by atoms with Gasteiger partial charge in [0.25, 0.3) is 0 Å². The summed E-state index contributed by atoms with van der Waals surface area (Å²) in [7, 11) is 4.11. The average molecular weight is 204 g/mol. The Morgan fingerprint density at radius 3 is 2.33 bits per heavy atom. The third-order valence-electron chi connectivity index (χ3n) is 2.23. The van der Waals surface area contributed by atoms with E-state index in [9.17, 15) is 0 Å². The molecular weight excluding hydrogens is 184 g/mol. The summed E-state index contributed by atoms with van der Waals surface area (Å²) in [5.74, 6) is 0. The molecule has 0 fully saturated rings. The summed E-state index contributed by atoms with van der Waals surface area (Å²) in [5.41, 5.74) is 3.55. The normalized spacial score (nSPS) is 12.0. The molecule has 0 amide bonds. The Bertz CT molecular complexity index is 351. The molecule has 1 rings (SSSR count). The van der Waals surface area contributed by atoms with Gasteiger partial charge in [0.1, 0.15) is 0 Å². The highest BCUT2D eigenvalue weighted by atomic mass is 15.1. The molecule has 0 radical (unpaired) electrons. The van der Waals surface area contributed by atoms with E-state index in [0.717, 1.165) is 5.71 Å². The second kappa shape index (κ2) is 4.96. The number of aliphatic imine (C=N–C) groups is 1. The Hall–Kier alpha value is -1.31. The first-order chi connectivity index (χ1) is 7.02. The van der Waals surface area contributed by atoms with Crippen LogP contribution < -0.4 is 4.90 Å². The van der Waals surface area contributed by atoms with Gasteiger partial charge in [-0.2, -0.15) is 0 Å². The van der Waals surface area contributed by atoms with E-state index in [4.69, 9.17) is 0 Å². The van der Waals surface area contributed by atoms with Crippen molar-refractivity contribution in [2.75, 3.05) is 19.0 Å². The molecule has 0 spiro atoms. The highest BCUT2D eigenvalue weighted by Crippen LogP contribution is 2.19. The van der Waals surface area contributed by atoms with Crippen LogP contribution in [0.15, 0.2) is 29.3 Å². The van der Waals surface area contributed by atoms with Gasteiger partial charge >= 0.3 is 0 Å². The highest BCUT2D eigenvalue weighted by Gasteiger charge is 2.06. The van der Waals surface area contributed by atoms with Crippen LogP contribution >= 0.6 is 0 Å². The number of rotatable bonds is 3. The molecule has 0 unspecified atom stereocenters. The van der Waals surface area contributed by atoms with E-state index >= 15 is 0 Å². The minimum absolute atomic E-state index is 0.347. The lowest BCUT2D eigenvalue weighted by molar-refractivity contribution is 0.835. The molecule has 2 heteroatoms. The second-order valence-corrected chi connectivity index (χ2v) is 4.22. The number of hydrogen-bond donors (Lipinski definition) is 0. The maximum Gasteiger partial charge on any atom is 0.0452 e. The molecule has 0 saturated heterocycles. The van der Waals surface area contributed by atoms with Gasteiger partial charge in [-0.25, -0.2) is 0 Å². The molecule has 15 heavy (non-hydrogen) atoms. The van der Waals surface area contributed by atoms with Crippen molar-refractivity contribution in [3.8, 4) is 0 Å². The zero-order valence-corrected chi connectivity index (χ0v) is 10.3. The van der Waals surface area contributed by atoms with Crippen molar-refractivity contribution in [3.63, 3.8) is 0 Å². The predicted octanol–water partition coefficient (Wildman–Crippen LogP) is 2.97. The Labute approximate surface area is 92.6 Å². The van der Waals surface area contributed by atoms with Crippen LogP contribution in [0.4, 0.5) is 5.69 Å². The van der Waals surface area contributed by atoms with Crippen LogP contribution in [0.1, 0.15) is 26.3 Å². The van der Waals surface area contributed by atoms with Crippen LogP contribution in [0.25, 0.3) is 0 Å². The van der Waals surface area contributed by atoms with E-state index in [1.165, 1.54) is 11.3 Å². The average Bonchev–Trinajstić information content (AvgIpc) is 2.16. The molecule has 0 aliphatic carbocycles. The van der Waals surface area contributed by atoms with E-state index in [0.29, 0.717) is 6.04 Å². The molecule has 1 aromatic carbocycles. The van der Waals surface area contributed by atoms with Crippen LogP contribution in [0.2, 0.25) is 0 Å². The van der Waals surface area contributed by atoms with Crippen molar-refractivity contribution in [2.45, 2.75) is 26.8 Å². The van der Waals surface area contributed by atoms with Crippen molar-refractivity contribution in [1.82, 2.24) is 0 Å². The SMILES string of the molecule is CC(=NC(C)C)c1ccccc1N(C)C. The van der Waals surface area contributed by atoms with Gasteiger partial charge in [-0.05, 0) is 26.8 Å². The van der Waals surface area contributed by atoms with Gasteiger partial charge in [0.2, 0.25) is 0 Å². The van der Waals surface area contributed by atoms with Crippen LogP contribution in [-0.2, 0) is 0 Å². The molecule has 0 saturated carbocycles. The molecule has 0 aromatic heterocycles. The van der Waals surface area contributed by atoms with E-state index in [1.54, 1.807) is 0 Å². The predicted molar refractivity (Wildman–Crippen MR) is 68.1 cm³/mol. The number of nitrogens with zero attached hydrogens (tertiary/aromatic N) is 2. The monoisotopic (exact) mass is 204 g/mol. The Morgan fingerprint density at radius 1 is 1.20 bits per heavy atom. The van der Waals surface area contributed by atoms with Crippen LogP contribution in [0, 0.1) is 0 Å². The molecule has 0 aliphatic rings. The third kappa shape index (κ3) is 3.08. The first kappa shape index (κ1) is 11.8. The molecule has 1 aromatic rings. The van der Waals surface area contributed by atoms with E-state index in [1.807, 2.05) is 0 Å². The van der Waals surface area contributed by atoms with Gasteiger partial charge in [0, 0.05) is 37.1 Å². The molecule has 2 nitrogen and oxygen atoms in total. The van der Waals surface area contributed by atoms with Gasteiger partial charge in [0.05, 0.1) is 0 Å². The number of hydrogen-bond acceptors (Lipinski definition) is 2. The molecule has 0 N–H and O–H groups in total. The Morgan fingerprint density at radius 2 is 1.80 bits per heavy atom. The van der Waals surface area contributed by atoms with Crippen LogP contribution in [0.5, 0.6) is 0 Å². The first-order valence-corrected chi connectivity index (χ1v) is 5.33. The number of anilines is 1. The largest absolute Gasteiger partial charge is 0.377 e. The summed E-state index contributed by atoms with van der Waals surface area (Å²) in [5, 5.41) is 0. The lowest BCUT2D eigenvalue weighted by Gasteiger charge is -2.17. The van der Waals surface area contributed by atoms with Crippen molar-refractivity contribution in [1.29, 1.82) is 0 Å². The van der Waals surface area contributed by atoms with Gasteiger partial charge in [-0.15, -0.1) is 0 Å². The molecule has 0 aliphatic heterocycles. The fourth-order valence-corrected chi connectivity index (χ4v) is 1.63. The van der Waals surface area contributed by atoms with Crippen LogP contribution in [0.3, 0.4) is 0 Å². The first-order valence-electron chi connectivity index (χ1n) is 5.33. The lowest BCUT2D eigenvalue weighted by atomic mass is 10.1. The second-order valence-electron chi connectivity index (χ2n) is 4.22. The molecule has 0 bridgehead atoms. The number of para-hydroxylation sites is 1. The van der Waals surface area contributed by atoms with Gasteiger partial charge < -0.3 is 4.90 Å². The minimum atomic E-state index is 0.347. The highest BCUT2D eigenvalue weighted by molar-refractivity contribution is 6.03. The molecular formula is C13H20N2. The molecule has 0 heterocycles. The lowest BCUT2D eigenvalue weighted by Crippen LogP contribution is -2.13. The summed E-state index contributed by atoms with van der Waals surface area (Å²) in [6.45, 7) is 6.27. The number of benzene rings is 1. The maximum absolute atomic E-state index is 4.58. The van der Waals surface area contributed by atoms with Crippen LogP contribution in [-0.4, -0.2) is 25.8 Å². The summed E-state index contributed by atoms with van der Waals surface area (Å²) >= 11 is 0. The van der Waals surface area contributed by atoms with Crippen molar-refractivity contribution < 1.29 is 0 Å². The Balaban J connectivity index is 3.13.